The van der Waals surface area contributed by atoms with Crippen molar-refractivity contribution in [2.45, 2.75) is 11.3 Å². The molecule has 18 heavy (non-hydrogen) atoms. The third-order valence-corrected chi connectivity index (χ3v) is 3.15. The molecule has 0 spiro atoms. The molecular weight excluding hydrogens is 250 g/mol. The standard InChI is InChI=1S/C13H19NO3S/c15-8-10-17-9-4-7-14-13(16)11-18-12-5-2-1-3-6-12/h1-3,5-6,15H,4,7-11H2,(H,14,16). The van der Waals surface area contributed by atoms with Crippen LogP contribution in [0, 0.1) is 0 Å². The van der Waals surface area contributed by atoms with E-state index >= 15 is 0 Å². The van der Waals surface area contributed by atoms with Gasteiger partial charge in [0, 0.05) is 18.0 Å². The monoisotopic (exact) mass is 269 g/mol. The van der Waals surface area contributed by atoms with E-state index in [4.69, 9.17) is 9.84 Å². The molecule has 100 valence electrons. The van der Waals surface area contributed by atoms with Crippen molar-refractivity contribution in [3.8, 4) is 0 Å². The van der Waals surface area contributed by atoms with Crippen molar-refractivity contribution in [3.05, 3.63) is 30.3 Å². The van der Waals surface area contributed by atoms with Crippen molar-refractivity contribution in [2.24, 2.45) is 0 Å². The zero-order valence-electron chi connectivity index (χ0n) is 10.3. The molecule has 1 amide bonds. The maximum Gasteiger partial charge on any atom is 0.230 e. The first-order valence-corrected chi connectivity index (χ1v) is 6.94. The molecule has 1 aromatic carbocycles. The normalized spacial score (nSPS) is 10.3. The number of hydrogen-bond acceptors (Lipinski definition) is 4. The molecule has 0 bridgehead atoms. The topological polar surface area (TPSA) is 58.6 Å². The number of thioether (sulfide) groups is 1. The van der Waals surface area contributed by atoms with Crippen molar-refractivity contribution in [1.29, 1.82) is 0 Å². The fraction of sp³-hybridized carbons (Fsp3) is 0.462. The highest BCUT2D eigenvalue weighted by Crippen LogP contribution is 2.15. The predicted molar refractivity (Wildman–Crippen MR) is 72.7 cm³/mol. The molecule has 0 radical (unpaired) electrons. The SMILES string of the molecule is O=C(CSc1ccccc1)NCCCOCCO. The number of aliphatic hydroxyl groups excluding tert-OH is 1. The Labute approximate surface area is 112 Å². The van der Waals surface area contributed by atoms with Crippen LogP contribution in [-0.2, 0) is 9.53 Å². The highest BCUT2D eigenvalue weighted by molar-refractivity contribution is 8.00. The first-order valence-electron chi connectivity index (χ1n) is 5.96. The molecule has 0 saturated heterocycles. The Morgan fingerprint density at radius 1 is 1.28 bits per heavy atom. The van der Waals surface area contributed by atoms with Crippen molar-refractivity contribution >= 4 is 17.7 Å². The molecule has 0 aliphatic rings. The summed E-state index contributed by atoms with van der Waals surface area (Å²) in [6.07, 6.45) is 0.766. The van der Waals surface area contributed by atoms with Gasteiger partial charge in [-0.1, -0.05) is 18.2 Å². The second-order valence-electron chi connectivity index (χ2n) is 3.64. The van der Waals surface area contributed by atoms with Crippen LogP contribution in [0.15, 0.2) is 35.2 Å². The fourth-order valence-electron chi connectivity index (χ4n) is 1.29. The smallest absolute Gasteiger partial charge is 0.230 e. The van der Waals surface area contributed by atoms with Crippen LogP contribution in [0.5, 0.6) is 0 Å². The maximum atomic E-state index is 11.5. The Morgan fingerprint density at radius 3 is 2.78 bits per heavy atom. The summed E-state index contributed by atoms with van der Waals surface area (Å²) in [4.78, 5) is 12.6. The number of nitrogens with one attached hydrogen (secondary N) is 1. The number of benzene rings is 1. The minimum absolute atomic E-state index is 0.0333. The average Bonchev–Trinajstić information content (AvgIpc) is 2.41. The van der Waals surface area contributed by atoms with E-state index in [0.29, 0.717) is 25.5 Å². The van der Waals surface area contributed by atoms with Gasteiger partial charge in [-0.15, -0.1) is 11.8 Å². The van der Waals surface area contributed by atoms with Crippen molar-refractivity contribution < 1.29 is 14.6 Å². The number of hydrogen-bond donors (Lipinski definition) is 2. The number of ether oxygens (including phenoxy) is 1. The Kier molecular flexibility index (Phi) is 8.29. The van der Waals surface area contributed by atoms with Gasteiger partial charge in [0.25, 0.3) is 0 Å². The number of carbonyl (C=O) groups excluding carboxylic acids is 1. The Hall–Kier alpha value is -1.04. The maximum absolute atomic E-state index is 11.5. The zero-order chi connectivity index (χ0) is 13.1. The van der Waals surface area contributed by atoms with Crippen LogP contribution in [0.25, 0.3) is 0 Å². The van der Waals surface area contributed by atoms with E-state index in [2.05, 4.69) is 5.32 Å². The number of carbonyl (C=O) groups is 1. The lowest BCUT2D eigenvalue weighted by Gasteiger charge is -2.05. The molecule has 0 fully saturated rings. The zero-order valence-corrected chi connectivity index (χ0v) is 11.1. The van der Waals surface area contributed by atoms with E-state index in [-0.39, 0.29) is 12.5 Å². The summed E-state index contributed by atoms with van der Waals surface area (Å²) in [5, 5.41) is 11.3. The average molecular weight is 269 g/mol. The van der Waals surface area contributed by atoms with Crippen molar-refractivity contribution in [1.82, 2.24) is 5.32 Å². The largest absolute Gasteiger partial charge is 0.394 e. The molecule has 1 aromatic rings. The van der Waals surface area contributed by atoms with Gasteiger partial charge in [-0.25, -0.2) is 0 Å². The van der Waals surface area contributed by atoms with Crippen molar-refractivity contribution in [3.63, 3.8) is 0 Å². The molecule has 5 heteroatoms. The predicted octanol–water partition coefficient (Wildman–Crippen LogP) is 1.29. The molecule has 2 N–H and O–H groups in total. The van der Waals surface area contributed by atoms with E-state index in [1.165, 1.54) is 11.8 Å². The summed E-state index contributed by atoms with van der Waals surface area (Å²) in [6, 6.07) is 9.84. The van der Waals surface area contributed by atoms with E-state index in [0.717, 1.165) is 11.3 Å². The van der Waals surface area contributed by atoms with E-state index in [1.54, 1.807) is 0 Å². The number of amides is 1. The van der Waals surface area contributed by atoms with E-state index in [1.807, 2.05) is 30.3 Å². The van der Waals surface area contributed by atoms with Gasteiger partial charge in [-0.05, 0) is 18.6 Å². The third kappa shape index (κ3) is 7.32. The molecule has 4 nitrogen and oxygen atoms in total. The van der Waals surface area contributed by atoms with Crippen LogP contribution in [0.4, 0.5) is 0 Å². The molecule has 0 heterocycles. The molecule has 1 rings (SSSR count). The second-order valence-corrected chi connectivity index (χ2v) is 4.69. The van der Waals surface area contributed by atoms with Crippen LogP contribution in [0.1, 0.15) is 6.42 Å². The van der Waals surface area contributed by atoms with Crippen molar-refractivity contribution in [2.75, 3.05) is 32.1 Å². The summed E-state index contributed by atoms with van der Waals surface area (Å²) in [6.45, 7) is 1.57. The molecule has 0 aliphatic heterocycles. The molecule has 0 unspecified atom stereocenters. The number of rotatable bonds is 9. The quantitative estimate of drug-likeness (QED) is 0.524. The van der Waals surface area contributed by atoms with Gasteiger partial charge in [0.15, 0.2) is 0 Å². The highest BCUT2D eigenvalue weighted by atomic mass is 32.2. The van der Waals surface area contributed by atoms with E-state index < -0.39 is 0 Å². The lowest BCUT2D eigenvalue weighted by Crippen LogP contribution is -2.26. The van der Waals surface area contributed by atoms with Gasteiger partial charge in [0.2, 0.25) is 5.91 Å². The van der Waals surface area contributed by atoms with Crippen LogP contribution < -0.4 is 5.32 Å². The summed E-state index contributed by atoms with van der Waals surface area (Å²) in [7, 11) is 0. The Morgan fingerprint density at radius 2 is 2.06 bits per heavy atom. The van der Waals surface area contributed by atoms with Crippen LogP contribution >= 0.6 is 11.8 Å². The molecule has 0 aliphatic carbocycles. The minimum Gasteiger partial charge on any atom is -0.394 e. The number of aliphatic hydroxyl groups is 1. The van der Waals surface area contributed by atoms with Gasteiger partial charge in [-0.3, -0.25) is 4.79 Å². The van der Waals surface area contributed by atoms with Crippen LogP contribution in [0.3, 0.4) is 0 Å². The van der Waals surface area contributed by atoms with Gasteiger partial charge in [-0.2, -0.15) is 0 Å². The summed E-state index contributed by atoms with van der Waals surface area (Å²) in [5.74, 6) is 0.465. The lowest BCUT2D eigenvalue weighted by atomic mass is 10.4. The lowest BCUT2D eigenvalue weighted by molar-refractivity contribution is -0.118. The van der Waals surface area contributed by atoms with Gasteiger partial charge < -0.3 is 15.2 Å². The first kappa shape index (κ1) is 15.0. The van der Waals surface area contributed by atoms with Gasteiger partial charge in [0.05, 0.1) is 19.0 Å². The summed E-state index contributed by atoms with van der Waals surface area (Å²) in [5.41, 5.74) is 0. The van der Waals surface area contributed by atoms with Crippen LogP contribution in [-0.4, -0.2) is 43.1 Å². The Balaban J connectivity index is 2.01. The molecule has 0 atom stereocenters. The van der Waals surface area contributed by atoms with Crippen LogP contribution in [0.2, 0.25) is 0 Å². The minimum atomic E-state index is 0.0333. The summed E-state index contributed by atoms with van der Waals surface area (Å²) < 4.78 is 5.09. The van der Waals surface area contributed by atoms with Gasteiger partial charge >= 0.3 is 0 Å². The molecule has 0 saturated carbocycles. The highest BCUT2D eigenvalue weighted by Gasteiger charge is 2.01. The molecule has 0 aromatic heterocycles. The first-order chi connectivity index (χ1) is 8.83. The summed E-state index contributed by atoms with van der Waals surface area (Å²) >= 11 is 1.52. The van der Waals surface area contributed by atoms with Gasteiger partial charge in [0.1, 0.15) is 0 Å². The fourth-order valence-corrected chi connectivity index (χ4v) is 2.03. The van der Waals surface area contributed by atoms with E-state index in [9.17, 15) is 4.79 Å². The Bertz CT molecular complexity index is 332. The third-order valence-electron chi connectivity index (χ3n) is 2.14. The second kappa shape index (κ2) is 9.94. The molecular formula is C13H19NO3S.